The van der Waals surface area contributed by atoms with E-state index >= 15 is 0 Å². The van der Waals surface area contributed by atoms with Gasteiger partial charge >= 0.3 is 0 Å². The minimum absolute atomic E-state index is 0.887. The summed E-state index contributed by atoms with van der Waals surface area (Å²) in [7, 11) is 1.80. The van der Waals surface area contributed by atoms with Crippen molar-refractivity contribution in [3.63, 3.8) is 0 Å². The highest BCUT2D eigenvalue weighted by molar-refractivity contribution is 7.99. The smallest absolute Gasteiger partial charge is 0.191 e. The van der Waals surface area contributed by atoms with Crippen molar-refractivity contribution in [2.75, 3.05) is 37.9 Å². The topological polar surface area (TPSA) is 36.4 Å². The molecule has 0 spiro atoms. The number of aliphatic imine (C=N–C) groups is 1. The average molecular weight is 283 g/mol. The van der Waals surface area contributed by atoms with Crippen molar-refractivity contribution in [3.05, 3.63) is 30.3 Å². The molecule has 0 aliphatic rings. The van der Waals surface area contributed by atoms with Gasteiger partial charge in [0.05, 0.1) is 0 Å². The zero-order chi connectivity index (χ0) is 13.1. The highest BCUT2D eigenvalue weighted by Gasteiger charge is 1.96. The molecule has 0 unspecified atom stereocenters. The highest BCUT2D eigenvalue weighted by atomic mass is 32.2. The van der Waals surface area contributed by atoms with Crippen LogP contribution in [0.1, 0.15) is 0 Å². The number of nitrogens with one attached hydrogen (secondary N) is 2. The Morgan fingerprint density at radius 2 is 1.78 bits per heavy atom. The van der Waals surface area contributed by atoms with Crippen molar-refractivity contribution in [1.82, 2.24) is 10.6 Å². The predicted molar refractivity (Wildman–Crippen MR) is 84.9 cm³/mol. The summed E-state index contributed by atoms with van der Waals surface area (Å²) in [5.74, 6) is 3.02. The standard InChI is InChI=1S/C13H21N3S2/c1-14-13(15-8-10-17-2)16-9-11-18-12-6-4-3-5-7-12/h3-7H,8-11H2,1-2H3,(H2,14,15,16). The summed E-state index contributed by atoms with van der Waals surface area (Å²) in [6.45, 7) is 1.87. The lowest BCUT2D eigenvalue weighted by atomic mass is 10.4. The van der Waals surface area contributed by atoms with Crippen LogP contribution in [-0.2, 0) is 0 Å². The van der Waals surface area contributed by atoms with Gasteiger partial charge in [-0.3, -0.25) is 4.99 Å². The monoisotopic (exact) mass is 283 g/mol. The molecular weight excluding hydrogens is 262 g/mol. The van der Waals surface area contributed by atoms with Gasteiger partial charge in [-0.2, -0.15) is 11.8 Å². The van der Waals surface area contributed by atoms with E-state index in [2.05, 4.69) is 46.1 Å². The molecule has 5 heteroatoms. The molecule has 3 nitrogen and oxygen atoms in total. The van der Waals surface area contributed by atoms with Gasteiger partial charge in [-0.15, -0.1) is 11.8 Å². The number of guanidine groups is 1. The molecule has 100 valence electrons. The van der Waals surface area contributed by atoms with Gasteiger partial charge in [0.15, 0.2) is 5.96 Å². The van der Waals surface area contributed by atoms with E-state index < -0.39 is 0 Å². The summed E-state index contributed by atoms with van der Waals surface area (Å²) >= 11 is 3.68. The third-order valence-corrected chi connectivity index (χ3v) is 3.85. The molecule has 0 heterocycles. The largest absolute Gasteiger partial charge is 0.356 e. The van der Waals surface area contributed by atoms with Crippen LogP contribution in [0, 0.1) is 0 Å². The molecule has 0 bridgehead atoms. The van der Waals surface area contributed by atoms with E-state index in [-0.39, 0.29) is 0 Å². The molecule has 18 heavy (non-hydrogen) atoms. The van der Waals surface area contributed by atoms with Crippen LogP contribution < -0.4 is 10.6 Å². The fourth-order valence-electron chi connectivity index (χ4n) is 1.35. The maximum absolute atomic E-state index is 4.18. The summed E-state index contributed by atoms with van der Waals surface area (Å²) in [4.78, 5) is 5.49. The van der Waals surface area contributed by atoms with Gasteiger partial charge in [0.25, 0.3) is 0 Å². The van der Waals surface area contributed by atoms with Gasteiger partial charge in [-0.25, -0.2) is 0 Å². The van der Waals surface area contributed by atoms with Crippen molar-refractivity contribution < 1.29 is 0 Å². The molecule has 0 atom stereocenters. The third kappa shape index (κ3) is 6.81. The zero-order valence-corrected chi connectivity index (χ0v) is 12.6. The van der Waals surface area contributed by atoms with Crippen molar-refractivity contribution in [2.45, 2.75) is 4.90 Å². The molecule has 1 rings (SSSR count). The number of nitrogens with zero attached hydrogens (tertiary/aromatic N) is 1. The van der Waals surface area contributed by atoms with E-state index in [9.17, 15) is 0 Å². The molecule has 0 saturated heterocycles. The lowest BCUT2D eigenvalue weighted by Gasteiger charge is -2.11. The second kappa shape index (κ2) is 10.1. The van der Waals surface area contributed by atoms with Gasteiger partial charge in [0.2, 0.25) is 0 Å². The van der Waals surface area contributed by atoms with Crippen LogP contribution >= 0.6 is 23.5 Å². The second-order valence-electron chi connectivity index (χ2n) is 3.58. The molecule has 2 N–H and O–H groups in total. The first-order chi connectivity index (χ1) is 8.86. The number of benzene rings is 1. The Morgan fingerprint density at radius 1 is 1.11 bits per heavy atom. The number of thioether (sulfide) groups is 2. The van der Waals surface area contributed by atoms with E-state index in [0.717, 1.165) is 30.6 Å². The maximum atomic E-state index is 4.18. The third-order valence-electron chi connectivity index (χ3n) is 2.23. The Hall–Kier alpha value is -0.810. The van der Waals surface area contributed by atoms with Crippen molar-refractivity contribution in [1.29, 1.82) is 0 Å². The normalized spacial score (nSPS) is 11.3. The molecule has 0 fully saturated rings. The minimum Gasteiger partial charge on any atom is -0.356 e. The van der Waals surface area contributed by atoms with Crippen molar-refractivity contribution >= 4 is 29.5 Å². The summed E-state index contributed by atoms with van der Waals surface area (Å²) in [5, 5.41) is 6.59. The number of rotatable bonds is 7. The van der Waals surface area contributed by atoms with Crippen LogP contribution in [0.3, 0.4) is 0 Å². The van der Waals surface area contributed by atoms with Gasteiger partial charge in [-0.05, 0) is 18.4 Å². The van der Waals surface area contributed by atoms with Crippen LogP contribution in [0.2, 0.25) is 0 Å². The molecule has 0 amide bonds. The minimum atomic E-state index is 0.887. The molecule has 0 aliphatic heterocycles. The second-order valence-corrected chi connectivity index (χ2v) is 5.73. The lowest BCUT2D eigenvalue weighted by molar-refractivity contribution is 0.864. The van der Waals surface area contributed by atoms with Gasteiger partial charge in [-0.1, -0.05) is 18.2 Å². The van der Waals surface area contributed by atoms with Crippen LogP contribution in [0.4, 0.5) is 0 Å². The number of hydrogen-bond donors (Lipinski definition) is 2. The van der Waals surface area contributed by atoms with E-state index in [1.165, 1.54) is 4.90 Å². The van der Waals surface area contributed by atoms with Gasteiger partial charge in [0, 0.05) is 36.5 Å². The lowest BCUT2D eigenvalue weighted by Crippen LogP contribution is -2.39. The van der Waals surface area contributed by atoms with E-state index in [1.54, 1.807) is 7.05 Å². The fraction of sp³-hybridized carbons (Fsp3) is 0.462. The summed E-state index contributed by atoms with van der Waals surface area (Å²) in [6.07, 6.45) is 2.11. The van der Waals surface area contributed by atoms with Crippen LogP contribution in [0.5, 0.6) is 0 Å². The van der Waals surface area contributed by atoms with Gasteiger partial charge in [0.1, 0.15) is 0 Å². The SMILES string of the molecule is CN=C(NCCSC)NCCSc1ccccc1. The Labute approximate surface area is 118 Å². The Bertz CT molecular complexity index is 341. The molecule has 0 aliphatic carbocycles. The summed E-state index contributed by atoms with van der Waals surface area (Å²) in [6, 6.07) is 10.4. The van der Waals surface area contributed by atoms with Crippen LogP contribution in [0.15, 0.2) is 40.2 Å². The zero-order valence-electron chi connectivity index (χ0n) is 11.0. The van der Waals surface area contributed by atoms with Crippen molar-refractivity contribution in [3.8, 4) is 0 Å². The van der Waals surface area contributed by atoms with E-state index in [1.807, 2.05) is 29.6 Å². The fourth-order valence-corrected chi connectivity index (χ4v) is 2.44. The first-order valence-electron chi connectivity index (χ1n) is 5.98. The highest BCUT2D eigenvalue weighted by Crippen LogP contribution is 2.15. The molecular formula is C13H21N3S2. The first-order valence-corrected chi connectivity index (χ1v) is 8.36. The summed E-state index contributed by atoms with van der Waals surface area (Å²) < 4.78 is 0. The quantitative estimate of drug-likeness (QED) is 0.348. The predicted octanol–water partition coefficient (Wildman–Crippen LogP) is 2.31. The molecule has 1 aromatic carbocycles. The maximum Gasteiger partial charge on any atom is 0.191 e. The Balaban J connectivity index is 2.12. The number of hydrogen-bond acceptors (Lipinski definition) is 3. The molecule has 1 aromatic rings. The first kappa shape index (κ1) is 15.2. The summed E-state index contributed by atoms with van der Waals surface area (Å²) in [5.41, 5.74) is 0. The molecule has 0 saturated carbocycles. The van der Waals surface area contributed by atoms with E-state index in [4.69, 9.17) is 0 Å². The van der Waals surface area contributed by atoms with Crippen molar-refractivity contribution in [2.24, 2.45) is 4.99 Å². The van der Waals surface area contributed by atoms with Crippen LogP contribution in [0.25, 0.3) is 0 Å². The Morgan fingerprint density at radius 3 is 2.39 bits per heavy atom. The van der Waals surface area contributed by atoms with E-state index in [0.29, 0.717) is 0 Å². The molecule has 0 aromatic heterocycles. The van der Waals surface area contributed by atoms with Gasteiger partial charge < -0.3 is 10.6 Å². The van der Waals surface area contributed by atoms with Crippen LogP contribution in [-0.4, -0.2) is 43.9 Å². The Kier molecular flexibility index (Phi) is 8.59. The molecule has 0 radical (unpaired) electrons. The average Bonchev–Trinajstić information content (AvgIpc) is 2.43.